The molecule has 4 rings (SSSR count). The Bertz CT molecular complexity index is 1070. The van der Waals surface area contributed by atoms with Crippen LogP contribution in [0.4, 0.5) is 17.2 Å². The van der Waals surface area contributed by atoms with E-state index in [1.807, 2.05) is 17.5 Å². The van der Waals surface area contributed by atoms with Crippen molar-refractivity contribution in [2.24, 2.45) is 17.8 Å². The minimum absolute atomic E-state index is 0.0317. The first-order chi connectivity index (χ1) is 14.9. The van der Waals surface area contributed by atoms with Crippen molar-refractivity contribution in [3.8, 4) is 0 Å². The largest absolute Gasteiger partial charge is 0.465 e. The molecule has 0 radical (unpaired) electrons. The summed E-state index contributed by atoms with van der Waals surface area (Å²) in [6.07, 6.45) is 8.02. The summed E-state index contributed by atoms with van der Waals surface area (Å²) in [5, 5.41) is 7.89. The van der Waals surface area contributed by atoms with Crippen molar-refractivity contribution in [3.63, 3.8) is 0 Å². The van der Waals surface area contributed by atoms with Crippen LogP contribution < -0.4 is 10.6 Å². The Morgan fingerprint density at radius 3 is 2.77 bits per heavy atom. The number of ketones is 1. The second kappa shape index (κ2) is 8.63. The van der Waals surface area contributed by atoms with Gasteiger partial charge in [-0.2, -0.15) is 0 Å². The van der Waals surface area contributed by atoms with Gasteiger partial charge < -0.3 is 15.4 Å². The quantitative estimate of drug-likeness (QED) is 0.596. The van der Waals surface area contributed by atoms with Crippen molar-refractivity contribution >= 4 is 52.3 Å². The third-order valence-corrected chi connectivity index (χ3v) is 6.81. The van der Waals surface area contributed by atoms with E-state index in [2.05, 4.69) is 29.5 Å². The lowest BCUT2D eigenvalue weighted by Gasteiger charge is -2.22. The van der Waals surface area contributed by atoms with Crippen LogP contribution in [0.1, 0.15) is 58.7 Å². The minimum Gasteiger partial charge on any atom is -0.465 e. The number of carbonyl (C=O) groups is 3. The molecule has 1 saturated carbocycles. The van der Waals surface area contributed by atoms with E-state index in [9.17, 15) is 14.4 Å². The summed E-state index contributed by atoms with van der Waals surface area (Å²) in [5.41, 5.74) is 1.92. The maximum atomic E-state index is 13.2. The molecule has 2 N–H and O–H groups in total. The topological polar surface area (TPSA) is 97.4 Å². The molecule has 2 aliphatic rings. The number of methoxy groups -OCH3 is 1. The van der Waals surface area contributed by atoms with Gasteiger partial charge in [-0.05, 0) is 24.8 Å². The van der Waals surface area contributed by atoms with Crippen LogP contribution in [0.15, 0.2) is 23.7 Å². The molecule has 2 unspecified atom stereocenters. The number of fused-ring (bicyclic) bond motifs is 1. The number of hydrogen-bond donors (Lipinski definition) is 2. The summed E-state index contributed by atoms with van der Waals surface area (Å²) in [5.74, 6) is -0.105. The molecule has 0 bridgehead atoms. The number of thiophene rings is 1. The second-order valence-electron chi connectivity index (χ2n) is 8.02. The van der Waals surface area contributed by atoms with Gasteiger partial charge in [0.2, 0.25) is 5.91 Å². The first-order valence-corrected chi connectivity index (χ1v) is 11.3. The monoisotopic (exact) mass is 439 g/mol. The highest BCUT2D eigenvalue weighted by Crippen LogP contribution is 2.39. The van der Waals surface area contributed by atoms with E-state index in [0.717, 1.165) is 24.1 Å². The van der Waals surface area contributed by atoms with Crippen LogP contribution in [-0.4, -0.2) is 29.8 Å². The second-order valence-corrected chi connectivity index (χ2v) is 8.93. The van der Waals surface area contributed by atoms with Gasteiger partial charge in [-0.15, -0.1) is 11.3 Å². The SMILES string of the molecule is CCC(C)C1C=Cc2scc(Nc3cc(NC(=O)C4CC4)ncc3C(=O)OC)c2C1=O. The first kappa shape index (κ1) is 21.2. The molecule has 2 atom stereocenters. The maximum Gasteiger partial charge on any atom is 0.341 e. The summed E-state index contributed by atoms with van der Waals surface area (Å²) in [4.78, 5) is 42.7. The summed E-state index contributed by atoms with van der Waals surface area (Å²) in [7, 11) is 1.30. The van der Waals surface area contributed by atoms with Crippen LogP contribution >= 0.6 is 11.3 Å². The lowest BCUT2D eigenvalue weighted by Crippen LogP contribution is -2.23. The molecule has 162 valence electrons. The number of hydrogen-bond acceptors (Lipinski definition) is 7. The Morgan fingerprint density at radius 2 is 2.10 bits per heavy atom. The zero-order chi connectivity index (χ0) is 22.1. The van der Waals surface area contributed by atoms with Crippen LogP contribution in [0.5, 0.6) is 0 Å². The smallest absolute Gasteiger partial charge is 0.341 e. The van der Waals surface area contributed by atoms with Gasteiger partial charge in [0, 0.05) is 34.4 Å². The number of nitrogens with one attached hydrogen (secondary N) is 2. The molecule has 2 aromatic rings. The van der Waals surface area contributed by atoms with Crippen LogP contribution in [0, 0.1) is 17.8 Å². The summed E-state index contributed by atoms with van der Waals surface area (Å²) < 4.78 is 4.88. The minimum atomic E-state index is -0.553. The Hall–Kier alpha value is -3.00. The average molecular weight is 440 g/mol. The molecule has 2 aliphatic carbocycles. The number of aromatic nitrogens is 1. The van der Waals surface area contributed by atoms with Gasteiger partial charge in [-0.1, -0.05) is 26.3 Å². The number of Topliss-reactive ketones (excluding diaryl/α,β-unsaturated/α-hetero) is 1. The molecule has 1 fully saturated rings. The highest BCUT2D eigenvalue weighted by molar-refractivity contribution is 7.12. The van der Waals surface area contributed by atoms with E-state index in [1.165, 1.54) is 24.6 Å². The molecule has 0 aliphatic heterocycles. The van der Waals surface area contributed by atoms with Crippen molar-refractivity contribution in [2.45, 2.75) is 33.1 Å². The van der Waals surface area contributed by atoms with Gasteiger partial charge in [0.05, 0.1) is 24.0 Å². The molecule has 31 heavy (non-hydrogen) atoms. The van der Waals surface area contributed by atoms with Crippen LogP contribution in [0.3, 0.4) is 0 Å². The van der Waals surface area contributed by atoms with E-state index >= 15 is 0 Å². The number of pyridine rings is 1. The van der Waals surface area contributed by atoms with E-state index in [1.54, 1.807) is 6.07 Å². The molecule has 1 amide bonds. The molecule has 2 aromatic heterocycles. The van der Waals surface area contributed by atoms with Gasteiger partial charge in [-0.25, -0.2) is 9.78 Å². The van der Waals surface area contributed by atoms with Crippen molar-refractivity contribution in [3.05, 3.63) is 39.7 Å². The van der Waals surface area contributed by atoms with E-state index < -0.39 is 5.97 Å². The molecular formula is C23H25N3O4S. The normalized spacial score (nSPS) is 18.3. The third kappa shape index (κ3) is 4.25. The highest BCUT2D eigenvalue weighted by atomic mass is 32.1. The van der Waals surface area contributed by atoms with Crippen molar-refractivity contribution in [1.82, 2.24) is 4.98 Å². The fraction of sp³-hybridized carbons (Fsp3) is 0.391. The van der Waals surface area contributed by atoms with Gasteiger partial charge in [0.1, 0.15) is 11.4 Å². The standard InChI is InChI=1S/C23H25N3O4S/c1-4-12(2)14-7-8-18-20(21(14)27)17(11-31-18)25-16-9-19(26-22(28)13-5-6-13)24-10-15(16)23(29)30-3/h7-14H,4-6H2,1-3H3,(H2,24,25,26,28). The van der Waals surface area contributed by atoms with E-state index in [0.29, 0.717) is 22.8 Å². The summed E-state index contributed by atoms with van der Waals surface area (Å²) >= 11 is 1.47. The summed E-state index contributed by atoms with van der Waals surface area (Å²) in [6, 6.07) is 1.60. The number of amides is 1. The van der Waals surface area contributed by atoms with Gasteiger partial charge >= 0.3 is 5.97 Å². The predicted molar refractivity (Wildman–Crippen MR) is 121 cm³/mol. The molecular weight excluding hydrogens is 414 g/mol. The lowest BCUT2D eigenvalue weighted by atomic mass is 9.82. The Balaban J connectivity index is 1.67. The van der Waals surface area contributed by atoms with Crippen LogP contribution in [0.25, 0.3) is 6.08 Å². The molecule has 7 nitrogen and oxygen atoms in total. The van der Waals surface area contributed by atoms with Gasteiger partial charge in [0.15, 0.2) is 5.78 Å². The number of ether oxygens (including phenoxy) is 1. The highest BCUT2D eigenvalue weighted by Gasteiger charge is 2.32. The Labute approximate surface area is 184 Å². The number of allylic oxidation sites excluding steroid dienone is 1. The molecule has 0 aromatic carbocycles. The van der Waals surface area contributed by atoms with Crippen molar-refractivity contribution in [2.75, 3.05) is 17.7 Å². The summed E-state index contributed by atoms with van der Waals surface area (Å²) in [6.45, 7) is 4.15. The zero-order valence-corrected chi connectivity index (χ0v) is 18.5. The van der Waals surface area contributed by atoms with Crippen LogP contribution in [-0.2, 0) is 9.53 Å². The van der Waals surface area contributed by atoms with Gasteiger partial charge in [0.25, 0.3) is 0 Å². The Morgan fingerprint density at radius 1 is 1.32 bits per heavy atom. The number of anilines is 3. The first-order valence-electron chi connectivity index (χ1n) is 10.4. The Kier molecular flexibility index (Phi) is 5.91. The van der Waals surface area contributed by atoms with E-state index in [4.69, 9.17) is 4.74 Å². The maximum absolute atomic E-state index is 13.2. The number of esters is 1. The number of nitrogens with zero attached hydrogens (tertiary/aromatic N) is 1. The molecule has 8 heteroatoms. The molecule has 2 heterocycles. The fourth-order valence-corrected chi connectivity index (χ4v) is 4.51. The van der Waals surface area contributed by atoms with Crippen molar-refractivity contribution < 1.29 is 19.1 Å². The number of carbonyl (C=O) groups excluding carboxylic acids is 3. The zero-order valence-electron chi connectivity index (χ0n) is 17.7. The van der Waals surface area contributed by atoms with E-state index in [-0.39, 0.29) is 35.0 Å². The third-order valence-electron chi connectivity index (χ3n) is 5.86. The molecule has 0 spiro atoms. The number of rotatable bonds is 7. The van der Waals surface area contributed by atoms with Gasteiger partial charge in [-0.3, -0.25) is 9.59 Å². The predicted octanol–water partition coefficient (Wildman–Crippen LogP) is 4.89. The molecule has 0 saturated heterocycles. The van der Waals surface area contributed by atoms with Crippen LogP contribution in [0.2, 0.25) is 0 Å². The lowest BCUT2D eigenvalue weighted by molar-refractivity contribution is -0.117. The fourth-order valence-electron chi connectivity index (χ4n) is 3.61. The van der Waals surface area contributed by atoms with Crippen molar-refractivity contribution in [1.29, 1.82) is 0 Å². The average Bonchev–Trinajstić information content (AvgIpc) is 3.55.